The summed E-state index contributed by atoms with van der Waals surface area (Å²) in [4.78, 5) is 0.230. The summed E-state index contributed by atoms with van der Waals surface area (Å²) in [7, 11) is -3.58. The number of nitrogens with zero attached hydrogens (tertiary/aromatic N) is 1. The number of rotatable bonds is 2. The highest BCUT2D eigenvalue weighted by molar-refractivity contribution is 9.10. The number of hydrogen-bond acceptors (Lipinski definition) is 4. The topological polar surface area (TPSA) is 83.6 Å². The van der Waals surface area contributed by atoms with Crippen molar-refractivity contribution in [3.05, 3.63) is 22.2 Å². The van der Waals surface area contributed by atoms with Gasteiger partial charge in [0.15, 0.2) is 0 Å². The van der Waals surface area contributed by atoms with Crippen molar-refractivity contribution < 1.29 is 13.5 Å². The van der Waals surface area contributed by atoms with Gasteiger partial charge in [-0.2, -0.15) is 4.31 Å². The van der Waals surface area contributed by atoms with Gasteiger partial charge in [0.25, 0.3) is 0 Å². The number of piperidine rings is 1. The zero-order valence-corrected chi connectivity index (χ0v) is 13.9. The Labute approximate surface area is 128 Å². The number of halogens is 1. The van der Waals surface area contributed by atoms with Gasteiger partial charge in [0.2, 0.25) is 10.0 Å². The van der Waals surface area contributed by atoms with Gasteiger partial charge in [0, 0.05) is 23.2 Å². The maximum Gasteiger partial charge on any atom is 0.243 e. The van der Waals surface area contributed by atoms with E-state index in [1.165, 1.54) is 4.31 Å². The van der Waals surface area contributed by atoms with Crippen LogP contribution in [0, 0.1) is 12.8 Å². The molecule has 2 atom stereocenters. The monoisotopic (exact) mass is 362 g/mol. The summed E-state index contributed by atoms with van der Waals surface area (Å²) >= 11 is 3.28. The summed E-state index contributed by atoms with van der Waals surface area (Å²) in [5.41, 5.74) is 6.85. The van der Waals surface area contributed by atoms with Gasteiger partial charge in [-0.25, -0.2) is 8.42 Å². The van der Waals surface area contributed by atoms with Gasteiger partial charge in [-0.15, -0.1) is 0 Å². The zero-order chi connectivity index (χ0) is 15.1. The van der Waals surface area contributed by atoms with Crippen molar-refractivity contribution in [3.8, 4) is 0 Å². The Hall–Kier alpha value is -0.630. The number of aliphatic hydroxyl groups excluding tert-OH is 1. The van der Waals surface area contributed by atoms with Crippen LogP contribution in [0.1, 0.15) is 18.9 Å². The molecule has 7 heteroatoms. The number of hydrogen-bond donors (Lipinski definition) is 2. The van der Waals surface area contributed by atoms with Gasteiger partial charge < -0.3 is 10.8 Å². The molecule has 0 aromatic heterocycles. The van der Waals surface area contributed by atoms with Gasteiger partial charge in [-0.05, 0) is 37.0 Å². The van der Waals surface area contributed by atoms with Crippen LogP contribution in [0.3, 0.4) is 0 Å². The molecule has 0 amide bonds. The van der Waals surface area contributed by atoms with Crippen LogP contribution in [0.2, 0.25) is 0 Å². The molecule has 0 aliphatic carbocycles. The fourth-order valence-electron chi connectivity index (χ4n) is 2.39. The second-order valence-corrected chi connectivity index (χ2v) is 8.14. The number of nitrogens with two attached hydrogens (primary N) is 1. The Morgan fingerprint density at radius 1 is 1.45 bits per heavy atom. The Kier molecular flexibility index (Phi) is 4.44. The third kappa shape index (κ3) is 2.86. The van der Waals surface area contributed by atoms with E-state index in [1.54, 1.807) is 19.1 Å². The van der Waals surface area contributed by atoms with E-state index in [2.05, 4.69) is 15.9 Å². The second kappa shape index (κ2) is 5.63. The number of aliphatic hydroxyl groups is 1. The third-order valence-corrected chi connectivity index (χ3v) is 6.25. The molecule has 5 nitrogen and oxygen atoms in total. The molecule has 1 aromatic carbocycles. The van der Waals surface area contributed by atoms with E-state index in [4.69, 9.17) is 5.73 Å². The van der Waals surface area contributed by atoms with Gasteiger partial charge >= 0.3 is 0 Å². The van der Waals surface area contributed by atoms with Crippen LogP contribution in [-0.2, 0) is 10.0 Å². The van der Waals surface area contributed by atoms with Crippen LogP contribution in [0.15, 0.2) is 21.5 Å². The minimum absolute atomic E-state index is 0.0664. The first-order valence-corrected chi connectivity index (χ1v) is 8.70. The molecular weight excluding hydrogens is 344 g/mol. The highest BCUT2D eigenvalue weighted by Crippen LogP contribution is 2.30. The Morgan fingerprint density at radius 3 is 2.70 bits per heavy atom. The van der Waals surface area contributed by atoms with Crippen molar-refractivity contribution in [3.63, 3.8) is 0 Å². The molecule has 0 bridgehead atoms. The number of nitrogen functional groups attached to an aromatic ring is 1. The average molecular weight is 363 g/mol. The lowest BCUT2D eigenvalue weighted by Crippen LogP contribution is -2.45. The van der Waals surface area contributed by atoms with E-state index in [9.17, 15) is 13.5 Å². The number of sulfonamides is 1. The van der Waals surface area contributed by atoms with Crippen molar-refractivity contribution >= 4 is 31.6 Å². The van der Waals surface area contributed by atoms with Crippen molar-refractivity contribution in [1.82, 2.24) is 4.31 Å². The smallest absolute Gasteiger partial charge is 0.243 e. The first-order valence-electron chi connectivity index (χ1n) is 6.47. The number of anilines is 1. The molecule has 3 N–H and O–H groups in total. The number of benzene rings is 1. The van der Waals surface area contributed by atoms with Crippen LogP contribution >= 0.6 is 15.9 Å². The lowest BCUT2D eigenvalue weighted by Gasteiger charge is -2.33. The van der Waals surface area contributed by atoms with E-state index >= 15 is 0 Å². The maximum absolute atomic E-state index is 12.7. The molecule has 1 aliphatic rings. The van der Waals surface area contributed by atoms with Crippen molar-refractivity contribution in [2.45, 2.75) is 31.3 Å². The Balaban J connectivity index is 2.41. The predicted octanol–water partition coefficient (Wildman–Crippen LogP) is 1.73. The summed E-state index contributed by atoms with van der Waals surface area (Å²) in [5.74, 6) is -0.0664. The summed E-state index contributed by atoms with van der Waals surface area (Å²) in [6.07, 6.45) is 0.0262. The molecule has 1 aromatic rings. The van der Waals surface area contributed by atoms with Crippen LogP contribution in [0.5, 0.6) is 0 Å². The zero-order valence-electron chi connectivity index (χ0n) is 11.5. The minimum Gasteiger partial charge on any atom is -0.398 e. The Morgan fingerprint density at radius 2 is 2.10 bits per heavy atom. The fourth-order valence-corrected chi connectivity index (χ4v) is 4.86. The van der Waals surface area contributed by atoms with Gasteiger partial charge in [0.05, 0.1) is 11.0 Å². The lowest BCUT2D eigenvalue weighted by molar-refractivity contribution is 0.0628. The van der Waals surface area contributed by atoms with E-state index in [0.717, 1.165) is 0 Å². The highest BCUT2D eigenvalue weighted by atomic mass is 79.9. The van der Waals surface area contributed by atoms with Crippen molar-refractivity contribution in [2.24, 2.45) is 5.92 Å². The molecule has 1 fully saturated rings. The van der Waals surface area contributed by atoms with Gasteiger partial charge in [0.1, 0.15) is 0 Å². The van der Waals surface area contributed by atoms with Gasteiger partial charge in [-0.3, -0.25) is 0 Å². The molecule has 112 valence electrons. The van der Waals surface area contributed by atoms with Crippen molar-refractivity contribution in [1.29, 1.82) is 0 Å². The second-order valence-electron chi connectivity index (χ2n) is 5.31. The van der Waals surface area contributed by atoms with Crippen LogP contribution in [0.25, 0.3) is 0 Å². The summed E-state index contributed by atoms with van der Waals surface area (Å²) in [6.45, 7) is 4.22. The summed E-state index contributed by atoms with van der Waals surface area (Å²) in [6, 6.07) is 3.27. The highest BCUT2D eigenvalue weighted by Gasteiger charge is 2.33. The molecule has 20 heavy (non-hydrogen) atoms. The minimum atomic E-state index is -3.58. The molecular formula is C13H19BrN2O3S. The molecule has 0 spiro atoms. The normalized spacial score (nSPS) is 24.8. The fraction of sp³-hybridized carbons (Fsp3) is 0.538. The summed E-state index contributed by atoms with van der Waals surface area (Å²) < 4.78 is 27.5. The third-order valence-electron chi connectivity index (χ3n) is 3.81. The van der Waals surface area contributed by atoms with E-state index in [0.29, 0.717) is 35.2 Å². The predicted molar refractivity (Wildman–Crippen MR) is 81.8 cm³/mol. The average Bonchev–Trinajstić information content (AvgIpc) is 2.36. The quantitative estimate of drug-likeness (QED) is 0.784. The standard InChI is InChI=1S/C13H19BrN2O3S/c1-8-7-16(4-3-12(8)17)20(18,19)13-6-10(14)5-11(15)9(13)2/h5-6,8,12,17H,3-4,7,15H2,1-2H3. The van der Waals surface area contributed by atoms with Crippen molar-refractivity contribution in [2.75, 3.05) is 18.8 Å². The van der Waals surface area contributed by atoms with E-state index < -0.39 is 16.1 Å². The van der Waals surface area contributed by atoms with Gasteiger partial charge in [-0.1, -0.05) is 22.9 Å². The first kappa shape index (κ1) is 15.8. The van der Waals surface area contributed by atoms with Crippen LogP contribution in [-0.4, -0.2) is 37.0 Å². The molecule has 2 unspecified atom stereocenters. The molecule has 1 heterocycles. The molecule has 0 radical (unpaired) electrons. The largest absolute Gasteiger partial charge is 0.398 e. The SMILES string of the molecule is Cc1c(N)cc(Br)cc1S(=O)(=O)N1CCC(O)C(C)C1. The van der Waals surface area contributed by atoms with E-state index in [1.807, 2.05) is 6.92 Å². The van der Waals surface area contributed by atoms with Crippen LogP contribution < -0.4 is 5.73 Å². The first-order chi connectivity index (χ1) is 9.23. The lowest BCUT2D eigenvalue weighted by atomic mass is 9.99. The molecule has 1 saturated heterocycles. The Bertz CT molecular complexity index is 618. The maximum atomic E-state index is 12.7. The van der Waals surface area contributed by atoms with Crippen LogP contribution in [0.4, 0.5) is 5.69 Å². The van der Waals surface area contributed by atoms with E-state index in [-0.39, 0.29) is 10.8 Å². The summed E-state index contributed by atoms with van der Waals surface area (Å²) in [5, 5.41) is 9.73. The molecule has 0 saturated carbocycles. The molecule has 1 aliphatic heterocycles. The molecule has 2 rings (SSSR count).